The summed E-state index contributed by atoms with van der Waals surface area (Å²) in [4.78, 5) is 10.3. The van der Waals surface area contributed by atoms with Crippen LogP contribution in [0.15, 0.2) is 39.9 Å². The molecule has 2 aromatic rings. The fraction of sp³-hybridized carbons (Fsp3) is 0.0833. The van der Waals surface area contributed by atoms with E-state index in [1.807, 2.05) is 6.92 Å². The molecule has 0 aliphatic heterocycles. The summed E-state index contributed by atoms with van der Waals surface area (Å²) in [5.74, 6) is 0.865. The van der Waals surface area contributed by atoms with Crippen molar-refractivity contribution in [2.24, 2.45) is 5.16 Å². The molecule has 0 spiro atoms. The Kier molecular flexibility index (Phi) is 3.09. The second-order valence-electron chi connectivity index (χ2n) is 3.70. The number of non-ortho nitro benzene ring substituents is 1. The number of oxime groups is 1. The molecule has 6 nitrogen and oxygen atoms in total. The van der Waals surface area contributed by atoms with Crippen molar-refractivity contribution in [3.05, 3.63) is 51.8 Å². The molecule has 0 fully saturated rings. The van der Waals surface area contributed by atoms with Gasteiger partial charge in [-0.05, 0) is 24.6 Å². The van der Waals surface area contributed by atoms with Crippen molar-refractivity contribution in [3.8, 4) is 11.3 Å². The van der Waals surface area contributed by atoms with Crippen LogP contribution in [0.25, 0.3) is 11.3 Å². The summed E-state index contributed by atoms with van der Waals surface area (Å²) in [5.41, 5.74) is 1.51. The Morgan fingerprint density at radius 2 is 2.17 bits per heavy atom. The lowest BCUT2D eigenvalue weighted by atomic mass is 10.1. The number of benzene rings is 1. The number of rotatable bonds is 3. The molecule has 0 bridgehead atoms. The molecule has 1 heterocycles. The van der Waals surface area contributed by atoms with Gasteiger partial charge in [0, 0.05) is 17.7 Å². The SMILES string of the molecule is Cc1ccc([N+](=O)[O-])cc1-c1ccc(/C=N/O)o1. The molecule has 6 heteroatoms. The average Bonchev–Trinajstić information content (AvgIpc) is 2.78. The summed E-state index contributed by atoms with van der Waals surface area (Å²) in [6, 6.07) is 7.85. The Balaban J connectivity index is 2.48. The maximum absolute atomic E-state index is 10.7. The highest BCUT2D eigenvalue weighted by atomic mass is 16.6. The van der Waals surface area contributed by atoms with E-state index in [4.69, 9.17) is 9.62 Å². The molecular weight excluding hydrogens is 236 g/mol. The van der Waals surface area contributed by atoms with Gasteiger partial charge >= 0.3 is 0 Å². The van der Waals surface area contributed by atoms with Crippen molar-refractivity contribution in [1.29, 1.82) is 0 Å². The molecular formula is C12H10N2O4. The predicted octanol–water partition coefficient (Wildman–Crippen LogP) is 2.97. The van der Waals surface area contributed by atoms with Crippen LogP contribution in [0.4, 0.5) is 5.69 Å². The monoisotopic (exact) mass is 246 g/mol. The van der Waals surface area contributed by atoms with Crippen molar-refractivity contribution < 1.29 is 14.5 Å². The van der Waals surface area contributed by atoms with Crippen LogP contribution < -0.4 is 0 Å². The number of furan rings is 1. The van der Waals surface area contributed by atoms with Gasteiger partial charge in [-0.15, -0.1) is 0 Å². The van der Waals surface area contributed by atoms with Gasteiger partial charge in [0.15, 0.2) is 0 Å². The van der Waals surface area contributed by atoms with Gasteiger partial charge in [0.25, 0.3) is 5.69 Å². The van der Waals surface area contributed by atoms with Gasteiger partial charge in [0.2, 0.25) is 0 Å². The zero-order chi connectivity index (χ0) is 13.1. The zero-order valence-corrected chi connectivity index (χ0v) is 9.53. The topological polar surface area (TPSA) is 88.9 Å². The van der Waals surface area contributed by atoms with E-state index in [-0.39, 0.29) is 5.69 Å². The van der Waals surface area contributed by atoms with E-state index in [0.717, 1.165) is 11.8 Å². The second-order valence-corrected chi connectivity index (χ2v) is 3.70. The van der Waals surface area contributed by atoms with Crippen molar-refractivity contribution in [3.63, 3.8) is 0 Å². The highest BCUT2D eigenvalue weighted by Gasteiger charge is 2.12. The molecule has 1 N–H and O–H groups in total. The summed E-state index contributed by atoms with van der Waals surface area (Å²) in [5, 5.41) is 22.0. The van der Waals surface area contributed by atoms with Crippen LogP contribution in [0.2, 0.25) is 0 Å². The lowest BCUT2D eigenvalue weighted by molar-refractivity contribution is -0.384. The first-order valence-corrected chi connectivity index (χ1v) is 5.14. The first-order valence-electron chi connectivity index (χ1n) is 5.14. The molecule has 0 atom stereocenters. The number of hydrogen-bond acceptors (Lipinski definition) is 5. The lowest BCUT2D eigenvalue weighted by Crippen LogP contribution is -1.90. The summed E-state index contributed by atoms with van der Waals surface area (Å²) in [6.07, 6.45) is 1.15. The molecule has 0 aliphatic rings. The van der Waals surface area contributed by atoms with E-state index in [9.17, 15) is 10.1 Å². The van der Waals surface area contributed by atoms with Crippen LogP contribution in [-0.2, 0) is 0 Å². The highest BCUT2D eigenvalue weighted by Crippen LogP contribution is 2.28. The van der Waals surface area contributed by atoms with E-state index < -0.39 is 4.92 Å². The minimum absolute atomic E-state index is 0.00405. The van der Waals surface area contributed by atoms with Crippen LogP contribution >= 0.6 is 0 Å². The first kappa shape index (κ1) is 11.8. The van der Waals surface area contributed by atoms with Gasteiger partial charge in [0.05, 0.1) is 4.92 Å². The predicted molar refractivity (Wildman–Crippen MR) is 64.9 cm³/mol. The number of nitro benzene ring substituents is 1. The van der Waals surface area contributed by atoms with Crippen LogP contribution in [-0.4, -0.2) is 16.3 Å². The maximum atomic E-state index is 10.7. The first-order chi connectivity index (χ1) is 8.61. The molecule has 92 valence electrons. The van der Waals surface area contributed by atoms with Crippen molar-refractivity contribution in [1.82, 2.24) is 0 Å². The molecule has 0 aliphatic carbocycles. The number of hydrogen-bond donors (Lipinski definition) is 1. The second kappa shape index (κ2) is 4.70. The minimum atomic E-state index is -0.456. The summed E-state index contributed by atoms with van der Waals surface area (Å²) in [7, 11) is 0. The standard InChI is InChI=1S/C12H10N2O4/c1-8-2-3-9(14(16)17)6-11(8)12-5-4-10(18-12)7-13-15/h2-7,15H,1H3/b13-7+. The Hall–Kier alpha value is -2.63. The molecule has 0 unspecified atom stereocenters. The number of nitrogens with zero attached hydrogens (tertiary/aromatic N) is 2. The smallest absolute Gasteiger partial charge is 0.270 e. The third-order valence-electron chi connectivity index (χ3n) is 2.51. The summed E-state index contributed by atoms with van der Waals surface area (Å²) >= 11 is 0. The van der Waals surface area contributed by atoms with Gasteiger partial charge < -0.3 is 9.62 Å². The Morgan fingerprint density at radius 3 is 2.83 bits per heavy atom. The van der Waals surface area contributed by atoms with Crippen molar-refractivity contribution >= 4 is 11.9 Å². The van der Waals surface area contributed by atoms with Crippen molar-refractivity contribution in [2.75, 3.05) is 0 Å². The third-order valence-corrected chi connectivity index (χ3v) is 2.51. The van der Waals surface area contributed by atoms with Gasteiger partial charge in [-0.2, -0.15) is 0 Å². The summed E-state index contributed by atoms with van der Waals surface area (Å²) in [6.45, 7) is 1.83. The van der Waals surface area contributed by atoms with E-state index in [2.05, 4.69) is 5.16 Å². The quantitative estimate of drug-likeness (QED) is 0.390. The third kappa shape index (κ3) is 2.22. The molecule has 0 radical (unpaired) electrons. The maximum Gasteiger partial charge on any atom is 0.270 e. The van der Waals surface area contributed by atoms with Crippen LogP contribution in [0.5, 0.6) is 0 Å². The van der Waals surface area contributed by atoms with Crippen LogP contribution in [0.3, 0.4) is 0 Å². The molecule has 2 rings (SSSR count). The molecule has 0 saturated heterocycles. The number of nitro groups is 1. The fourth-order valence-electron chi connectivity index (χ4n) is 1.61. The van der Waals surface area contributed by atoms with Gasteiger partial charge in [-0.3, -0.25) is 10.1 Å². The Bertz CT molecular complexity index is 616. The van der Waals surface area contributed by atoms with Gasteiger partial charge in [-0.25, -0.2) is 0 Å². The lowest BCUT2D eigenvalue weighted by Gasteiger charge is -2.02. The molecule has 18 heavy (non-hydrogen) atoms. The Labute approximate surface area is 102 Å². The Morgan fingerprint density at radius 1 is 1.39 bits per heavy atom. The highest BCUT2D eigenvalue weighted by molar-refractivity contribution is 5.77. The van der Waals surface area contributed by atoms with Crippen LogP contribution in [0, 0.1) is 17.0 Å². The molecule has 0 saturated carbocycles. The molecule has 0 amide bonds. The normalized spacial score (nSPS) is 10.9. The number of aryl methyl sites for hydroxylation is 1. The molecule has 1 aromatic heterocycles. The largest absolute Gasteiger partial charge is 0.455 e. The van der Waals surface area contributed by atoms with E-state index in [0.29, 0.717) is 17.1 Å². The van der Waals surface area contributed by atoms with E-state index in [1.54, 1.807) is 18.2 Å². The molecule has 1 aromatic carbocycles. The van der Waals surface area contributed by atoms with Gasteiger partial charge in [-0.1, -0.05) is 11.2 Å². The summed E-state index contributed by atoms with van der Waals surface area (Å²) < 4.78 is 5.39. The van der Waals surface area contributed by atoms with Crippen LogP contribution in [0.1, 0.15) is 11.3 Å². The van der Waals surface area contributed by atoms with Gasteiger partial charge in [0.1, 0.15) is 17.7 Å². The van der Waals surface area contributed by atoms with E-state index >= 15 is 0 Å². The van der Waals surface area contributed by atoms with E-state index in [1.165, 1.54) is 12.1 Å². The zero-order valence-electron chi connectivity index (χ0n) is 9.53. The average molecular weight is 246 g/mol. The minimum Gasteiger partial charge on any atom is -0.455 e. The van der Waals surface area contributed by atoms with Crippen molar-refractivity contribution in [2.45, 2.75) is 6.92 Å². The fourth-order valence-corrected chi connectivity index (χ4v) is 1.61.